The van der Waals surface area contributed by atoms with Crippen LogP contribution in [0, 0.1) is 11.7 Å². The Hall–Kier alpha value is -4.28. The number of amides is 3. The molecule has 10 nitrogen and oxygen atoms in total. The van der Waals surface area contributed by atoms with Crippen molar-refractivity contribution in [3.8, 4) is 11.4 Å². The highest BCUT2D eigenvalue weighted by molar-refractivity contribution is 6.00. The van der Waals surface area contributed by atoms with Gasteiger partial charge in [0, 0.05) is 11.3 Å². The van der Waals surface area contributed by atoms with Gasteiger partial charge in [-0.1, -0.05) is 31.1 Å². The molecule has 0 fully saturated rings. The maximum Gasteiger partial charge on any atom is 0.326 e. The second-order valence-electron chi connectivity index (χ2n) is 7.09. The SMILES string of the molecule is CC(C)[C@H](NC(=O)c1nc(-c2ccc(NC(=O)Nc3ccccc3F)cc2)no1)C(=O)O. The van der Waals surface area contributed by atoms with Crippen molar-refractivity contribution in [2.24, 2.45) is 5.92 Å². The highest BCUT2D eigenvalue weighted by atomic mass is 19.1. The molecule has 1 aromatic heterocycles. The molecule has 0 aliphatic heterocycles. The number of para-hydroxylation sites is 1. The molecule has 0 spiro atoms. The number of carbonyl (C=O) groups is 3. The molecule has 0 aliphatic carbocycles. The Balaban J connectivity index is 1.63. The smallest absolute Gasteiger partial charge is 0.326 e. The van der Waals surface area contributed by atoms with E-state index in [-0.39, 0.29) is 23.3 Å². The normalized spacial score (nSPS) is 11.6. The molecule has 2 aromatic carbocycles. The molecule has 1 heterocycles. The number of urea groups is 1. The number of halogens is 1. The molecule has 0 unspecified atom stereocenters. The van der Waals surface area contributed by atoms with Crippen molar-refractivity contribution in [3.05, 3.63) is 60.2 Å². The number of carboxylic acids is 1. The van der Waals surface area contributed by atoms with E-state index < -0.39 is 29.8 Å². The Morgan fingerprint density at radius 2 is 1.72 bits per heavy atom. The summed E-state index contributed by atoms with van der Waals surface area (Å²) in [6.45, 7) is 3.31. The lowest BCUT2D eigenvalue weighted by Crippen LogP contribution is -2.44. The van der Waals surface area contributed by atoms with Crippen molar-refractivity contribution in [2.75, 3.05) is 10.6 Å². The second kappa shape index (κ2) is 9.69. The van der Waals surface area contributed by atoms with Gasteiger partial charge >= 0.3 is 23.8 Å². The van der Waals surface area contributed by atoms with Crippen LogP contribution in [0.25, 0.3) is 11.4 Å². The fourth-order valence-electron chi connectivity index (χ4n) is 2.70. The minimum absolute atomic E-state index is 0.0434. The van der Waals surface area contributed by atoms with Gasteiger partial charge in [-0.3, -0.25) is 4.79 Å². The minimum Gasteiger partial charge on any atom is -0.480 e. The third kappa shape index (κ3) is 5.45. The van der Waals surface area contributed by atoms with Crippen molar-refractivity contribution in [1.29, 1.82) is 0 Å². The van der Waals surface area contributed by atoms with Gasteiger partial charge in [0.15, 0.2) is 0 Å². The van der Waals surface area contributed by atoms with Crippen LogP contribution in [0.4, 0.5) is 20.6 Å². The molecule has 3 rings (SSSR count). The maximum absolute atomic E-state index is 13.6. The van der Waals surface area contributed by atoms with Crippen molar-refractivity contribution < 1.29 is 28.4 Å². The van der Waals surface area contributed by atoms with Crippen LogP contribution < -0.4 is 16.0 Å². The first-order chi connectivity index (χ1) is 15.2. The first kappa shape index (κ1) is 22.4. The third-order valence-electron chi connectivity index (χ3n) is 4.36. The zero-order valence-corrected chi connectivity index (χ0v) is 17.1. The molecule has 3 aromatic rings. The molecule has 166 valence electrons. The number of anilines is 2. The van der Waals surface area contributed by atoms with E-state index in [4.69, 9.17) is 4.52 Å². The van der Waals surface area contributed by atoms with E-state index in [1.54, 1.807) is 44.2 Å². The Morgan fingerprint density at radius 3 is 2.34 bits per heavy atom. The van der Waals surface area contributed by atoms with E-state index in [1.165, 1.54) is 18.2 Å². The zero-order chi connectivity index (χ0) is 23.3. The molecule has 0 saturated carbocycles. The van der Waals surface area contributed by atoms with Crippen molar-refractivity contribution in [1.82, 2.24) is 15.5 Å². The van der Waals surface area contributed by atoms with Crippen LogP contribution in [0.3, 0.4) is 0 Å². The summed E-state index contributed by atoms with van der Waals surface area (Å²) in [5, 5.41) is 20.2. The standard InChI is InChI=1S/C21H20FN5O5/c1-11(2)16(20(29)30)25-18(28)19-26-17(27-32-19)12-7-9-13(10-8-12)23-21(31)24-15-6-4-3-5-14(15)22/h3-11,16H,1-2H3,(H,25,28)(H,29,30)(H2,23,24,31)/t16-/m0/s1. The first-order valence-corrected chi connectivity index (χ1v) is 9.55. The number of carbonyl (C=O) groups excluding carboxylic acids is 2. The fourth-order valence-corrected chi connectivity index (χ4v) is 2.70. The van der Waals surface area contributed by atoms with Crippen molar-refractivity contribution >= 4 is 29.3 Å². The quantitative estimate of drug-likeness (QED) is 0.440. The summed E-state index contributed by atoms with van der Waals surface area (Å²) < 4.78 is 18.5. The summed E-state index contributed by atoms with van der Waals surface area (Å²) in [7, 11) is 0. The number of hydrogen-bond acceptors (Lipinski definition) is 6. The highest BCUT2D eigenvalue weighted by Gasteiger charge is 2.26. The lowest BCUT2D eigenvalue weighted by atomic mass is 10.1. The topological polar surface area (TPSA) is 146 Å². The molecule has 11 heteroatoms. The largest absolute Gasteiger partial charge is 0.480 e. The van der Waals surface area contributed by atoms with Crippen LogP contribution in [0.1, 0.15) is 24.5 Å². The first-order valence-electron chi connectivity index (χ1n) is 9.55. The molecule has 0 radical (unpaired) electrons. The number of nitrogens with zero attached hydrogens (tertiary/aromatic N) is 2. The van der Waals surface area contributed by atoms with Gasteiger partial charge in [0.25, 0.3) is 0 Å². The van der Waals surface area contributed by atoms with Gasteiger partial charge in [0.1, 0.15) is 11.9 Å². The van der Waals surface area contributed by atoms with Crippen LogP contribution in [-0.4, -0.2) is 39.2 Å². The minimum atomic E-state index is -1.17. The molecule has 4 N–H and O–H groups in total. The molecular formula is C21H20FN5O5. The lowest BCUT2D eigenvalue weighted by Gasteiger charge is -2.16. The van der Waals surface area contributed by atoms with Crippen LogP contribution >= 0.6 is 0 Å². The summed E-state index contributed by atoms with van der Waals surface area (Å²) in [4.78, 5) is 39.5. The number of aliphatic carboxylic acids is 1. The summed E-state index contributed by atoms with van der Waals surface area (Å²) in [6.07, 6.45) is 0. The van der Waals surface area contributed by atoms with Gasteiger partial charge in [0.05, 0.1) is 5.69 Å². The maximum atomic E-state index is 13.6. The Bertz CT molecular complexity index is 1130. The number of benzene rings is 2. The van der Waals surface area contributed by atoms with Crippen molar-refractivity contribution in [2.45, 2.75) is 19.9 Å². The van der Waals surface area contributed by atoms with Crippen LogP contribution in [0.15, 0.2) is 53.1 Å². The van der Waals surface area contributed by atoms with Crippen LogP contribution in [0.5, 0.6) is 0 Å². The molecule has 0 aliphatic rings. The van der Waals surface area contributed by atoms with Crippen LogP contribution in [0.2, 0.25) is 0 Å². The summed E-state index contributed by atoms with van der Waals surface area (Å²) >= 11 is 0. The summed E-state index contributed by atoms with van der Waals surface area (Å²) in [6, 6.07) is 10.3. The molecule has 0 saturated heterocycles. The Kier molecular flexibility index (Phi) is 6.78. The van der Waals surface area contributed by atoms with E-state index in [9.17, 15) is 23.9 Å². The van der Waals surface area contributed by atoms with E-state index in [2.05, 4.69) is 26.1 Å². The summed E-state index contributed by atoms with van der Waals surface area (Å²) in [5.41, 5.74) is 0.957. The van der Waals surface area contributed by atoms with Crippen LogP contribution in [-0.2, 0) is 4.79 Å². The highest BCUT2D eigenvalue weighted by Crippen LogP contribution is 2.20. The third-order valence-corrected chi connectivity index (χ3v) is 4.36. The molecular weight excluding hydrogens is 421 g/mol. The van der Waals surface area contributed by atoms with Gasteiger partial charge in [-0.05, 0) is 42.3 Å². The van der Waals surface area contributed by atoms with E-state index in [0.717, 1.165) is 0 Å². The van der Waals surface area contributed by atoms with E-state index >= 15 is 0 Å². The van der Waals surface area contributed by atoms with Crippen molar-refractivity contribution in [3.63, 3.8) is 0 Å². The number of nitrogens with one attached hydrogen (secondary N) is 3. The number of rotatable bonds is 7. The monoisotopic (exact) mass is 441 g/mol. The van der Waals surface area contributed by atoms with Gasteiger partial charge < -0.3 is 25.6 Å². The predicted octanol–water partition coefficient (Wildman–Crippen LogP) is 3.36. The average Bonchev–Trinajstić information content (AvgIpc) is 3.24. The Morgan fingerprint density at radius 1 is 1.03 bits per heavy atom. The average molecular weight is 441 g/mol. The Labute approximate surface area is 181 Å². The van der Waals surface area contributed by atoms with Gasteiger partial charge in [-0.2, -0.15) is 4.98 Å². The lowest BCUT2D eigenvalue weighted by molar-refractivity contribution is -0.140. The molecule has 0 bridgehead atoms. The molecule has 1 atom stereocenters. The number of hydrogen-bond donors (Lipinski definition) is 4. The van der Waals surface area contributed by atoms with Gasteiger partial charge in [-0.25, -0.2) is 14.0 Å². The van der Waals surface area contributed by atoms with E-state index in [0.29, 0.717) is 11.3 Å². The zero-order valence-electron chi connectivity index (χ0n) is 17.1. The number of aromatic nitrogens is 2. The number of carboxylic acid groups (broad SMARTS) is 1. The van der Waals surface area contributed by atoms with E-state index in [1.807, 2.05) is 0 Å². The second-order valence-corrected chi connectivity index (χ2v) is 7.09. The molecule has 32 heavy (non-hydrogen) atoms. The van der Waals surface area contributed by atoms with Gasteiger partial charge in [0.2, 0.25) is 5.82 Å². The van der Waals surface area contributed by atoms with Gasteiger partial charge in [-0.15, -0.1) is 0 Å². The summed E-state index contributed by atoms with van der Waals surface area (Å²) in [5.74, 6) is -3.14. The fraction of sp³-hybridized carbons (Fsp3) is 0.190. The predicted molar refractivity (Wildman–Crippen MR) is 113 cm³/mol. The molecule has 3 amide bonds.